The van der Waals surface area contributed by atoms with Crippen molar-refractivity contribution in [2.75, 3.05) is 11.1 Å². The third kappa shape index (κ3) is 3.59. The molecule has 1 amide bonds. The van der Waals surface area contributed by atoms with Gasteiger partial charge in [-0.3, -0.25) is 4.79 Å². The second-order valence-electron chi connectivity index (χ2n) is 3.97. The van der Waals surface area contributed by atoms with Crippen molar-refractivity contribution in [3.8, 4) is 0 Å². The monoisotopic (exact) mass is 464 g/mol. The molecule has 0 fully saturated rings. The van der Waals surface area contributed by atoms with Crippen LogP contribution in [0.4, 0.5) is 15.8 Å². The standard InChI is InChI=1S/C13H8Br3FN2O/c14-7-3-10(15)12(11(16)4-7)19-13(20)6-1-8(17)5-9(18)2-6/h1-5H,18H2,(H,19,20). The first-order valence-corrected chi connectivity index (χ1v) is 7.76. The van der Waals surface area contributed by atoms with Crippen molar-refractivity contribution in [2.24, 2.45) is 0 Å². The molecule has 0 spiro atoms. The second-order valence-corrected chi connectivity index (χ2v) is 6.60. The maximum atomic E-state index is 13.3. The van der Waals surface area contributed by atoms with E-state index in [4.69, 9.17) is 5.73 Å². The predicted octanol–water partition coefficient (Wildman–Crippen LogP) is 4.95. The van der Waals surface area contributed by atoms with Gasteiger partial charge in [0.1, 0.15) is 5.82 Å². The largest absolute Gasteiger partial charge is 0.399 e. The smallest absolute Gasteiger partial charge is 0.255 e. The van der Waals surface area contributed by atoms with Gasteiger partial charge >= 0.3 is 0 Å². The van der Waals surface area contributed by atoms with Gasteiger partial charge in [0.25, 0.3) is 5.91 Å². The normalized spacial score (nSPS) is 10.4. The van der Waals surface area contributed by atoms with E-state index in [1.54, 1.807) is 12.1 Å². The first-order chi connectivity index (χ1) is 9.36. The van der Waals surface area contributed by atoms with E-state index in [2.05, 4.69) is 53.1 Å². The van der Waals surface area contributed by atoms with Crippen LogP contribution in [0.15, 0.2) is 43.7 Å². The van der Waals surface area contributed by atoms with Gasteiger partial charge in [-0.25, -0.2) is 4.39 Å². The zero-order chi connectivity index (χ0) is 14.9. The zero-order valence-electron chi connectivity index (χ0n) is 9.88. The van der Waals surface area contributed by atoms with Crippen LogP contribution in [0.5, 0.6) is 0 Å². The lowest BCUT2D eigenvalue weighted by Crippen LogP contribution is -2.13. The molecule has 2 rings (SSSR count). The molecule has 20 heavy (non-hydrogen) atoms. The number of amides is 1. The van der Waals surface area contributed by atoms with Gasteiger partial charge in [-0.15, -0.1) is 0 Å². The molecule has 0 aliphatic heterocycles. The van der Waals surface area contributed by atoms with Gasteiger partial charge in [-0.2, -0.15) is 0 Å². The number of carbonyl (C=O) groups is 1. The Balaban J connectivity index is 2.32. The molecule has 0 saturated carbocycles. The van der Waals surface area contributed by atoms with Crippen LogP contribution in [0.2, 0.25) is 0 Å². The molecule has 0 atom stereocenters. The summed E-state index contributed by atoms with van der Waals surface area (Å²) < 4.78 is 15.5. The molecule has 104 valence electrons. The number of nitrogens with two attached hydrogens (primary N) is 1. The lowest BCUT2D eigenvalue weighted by Gasteiger charge is -2.11. The van der Waals surface area contributed by atoms with Crippen LogP contribution < -0.4 is 11.1 Å². The van der Waals surface area contributed by atoms with Crippen molar-refractivity contribution in [2.45, 2.75) is 0 Å². The molecule has 7 heteroatoms. The lowest BCUT2D eigenvalue weighted by molar-refractivity contribution is 0.102. The summed E-state index contributed by atoms with van der Waals surface area (Å²) in [5, 5.41) is 2.70. The number of hydrogen-bond acceptors (Lipinski definition) is 2. The van der Waals surface area contributed by atoms with Crippen molar-refractivity contribution >= 4 is 65.1 Å². The number of halogens is 4. The van der Waals surface area contributed by atoms with Crippen LogP contribution >= 0.6 is 47.8 Å². The number of anilines is 2. The van der Waals surface area contributed by atoms with Gasteiger partial charge < -0.3 is 11.1 Å². The summed E-state index contributed by atoms with van der Waals surface area (Å²) >= 11 is 10.0. The molecule has 0 radical (unpaired) electrons. The maximum Gasteiger partial charge on any atom is 0.255 e. The summed E-state index contributed by atoms with van der Waals surface area (Å²) in [4.78, 5) is 12.1. The van der Waals surface area contributed by atoms with Gasteiger partial charge in [0, 0.05) is 24.7 Å². The molecule has 0 aromatic heterocycles. The average Bonchev–Trinajstić information content (AvgIpc) is 2.32. The molecular weight excluding hydrogens is 459 g/mol. The predicted molar refractivity (Wildman–Crippen MR) is 88.3 cm³/mol. The maximum absolute atomic E-state index is 13.3. The van der Waals surface area contributed by atoms with Gasteiger partial charge in [0.2, 0.25) is 0 Å². The minimum absolute atomic E-state index is 0.157. The highest BCUT2D eigenvalue weighted by molar-refractivity contribution is 9.11. The number of carbonyl (C=O) groups excluding carboxylic acids is 1. The van der Waals surface area contributed by atoms with E-state index in [1.807, 2.05) is 0 Å². The Morgan fingerprint density at radius 1 is 1.05 bits per heavy atom. The number of nitrogen functional groups attached to an aromatic ring is 1. The molecule has 2 aromatic carbocycles. The molecule has 0 aliphatic rings. The average molecular weight is 467 g/mol. The van der Waals surface area contributed by atoms with Crippen molar-refractivity contribution in [3.63, 3.8) is 0 Å². The highest BCUT2D eigenvalue weighted by Gasteiger charge is 2.13. The first kappa shape index (κ1) is 15.5. The Kier molecular flexibility index (Phi) is 4.82. The molecule has 0 unspecified atom stereocenters. The van der Waals surface area contributed by atoms with Crippen LogP contribution in [0.25, 0.3) is 0 Å². The van der Waals surface area contributed by atoms with Crippen molar-refractivity contribution in [1.29, 1.82) is 0 Å². The molecular formula is C13H8Br3FN2O. The van der Waals surface area contributed by atoms with Crippen LogP contribution in [0.3, 0.4) is 0 Å². The third-order valence-corrected chi connectivity index (χ3v) is 4.14. The van der Waals surface area contributed by atoms with Crippen LogP contribution in [-0.4, -0.2) is 5.91 Å². The zero-order valence-corrected chi connectivity index (χ0v) is 14.6. The Bertz CT molecular complexity index is 648. The van der Waals surface area contributed by atoms with E-state index in [-0.39, 0.29) is 11.3 Å². The molecule has 2 aromatic rings. The minimum Gasteiger partial charge on any atom is -0.399 e. The van der Waals surface area contributed by atoms with E-state index in [1.165, 1.54) is 6.07 Å². The van der Waals surface area contributed by atoms with Crippen molar-refractivity contribution in [1.82, 2.24) is 0 Å². The molecule has 3 nitrogen and oxygen atoms in total. The molecule has 0 saturated heterocycles. The quantitative estimate of drug-likeness (QED) is 0.615. The molecule has 0 aliphatic carbocycles. The summed E-state index contributed by atoms with van der Waals surface area (Å²) in [6.07, 6.45) is 0. The summed E-state index contributed by atoms with van der Waals surface area (Å²) in [6, 6.07) is 7.29. The van der Waals surface area contributed by atoms with Gasteiger partial charge in [0.05, 0.1) is 5.69 Å². The van der Waals surface area contributed by atoms with Gasteiger partial charge in [-0.1, -0.05) is 15.9 Å². The molecule has 3 N–H and O–H groups in total. The third-order valence-electron chi connectivity index (χ3n) is 2.43. The number of benzene rings is 2. The number of rotatable bonds is 2. The van der Waals surface area contributed by atoms with E-state index in [9.17, 15) is 9.18 Å². The summed E-state index contributed by atoms with van der Waals surface area (Å²) in [5.41, 5.74) is 6.44. The topological polar surface area (TPSA) is 55.1 Å². The fourth-order valence-corrected chi connectivity index (χ4v) is 4.05. The molecule has 0 heterocycles. The summed E-state index contributed by atoms with van der Waals surface area (Å²) in [5.74, 6) is -0.996. The lowest BCUT2D eigenvalue weighted by atomic mass is 10.2. The van der Waals surface area contributed by atoms with Crippen molar-refractivity contribution in [3.05, 3.63) is 55.1 Å². The second kappa shape index (κ2) is 6.24. The van der Waals surface area contributed by atoms with Crippen LogP contribution in [0.1, 0.15) is 10.4 Å². The Labute approximate surface area is 140 Å². The van der Waals surface area contributed by atoms with Crippen molar-refractivity contribution < 1.29 is 9.18 Å². The first-order valence-electron chi connectivity index (χ1n) is 5.39. The fraction of sp³-hybridized carbons (Fsp3) is 0. The SMILES string of the molecule is Nc1cc(F)cc(C(=O)Nc2c(Br)cc(Br)cc2Br)c1. The van der Waals surface area contributed by atoms with Gasteiger partial charge in [-0.05, 0) is 62.2 Å². The highest BCUT2D eigenvalue weighted by atomic mass is 79.9. The summed E-state index contributed by atoms with van der Waals surface area (Å²) in [6.45, 7) is 0. The van der Waals surface area contributed by atoms with E-state index in [0.29, 0.717) is 14.6 Å². The minimum atomic E-state index is -0.552. The van der Waals surface area contributed by atoms with Gasteiger partial charge in [0.15, 0.2) is 0 Å². The summed E-state index contributed by atoms with van der Waals surface area (Å²) in [7, 11) is 0. The number of hydrogen-bond donors (Lipinski definition) is 2. The fourth-order valence-electron chi connectivity index (χ4n) is 1.59. The van der Waals surface area contributed by atoms with Crippen LogP contribution in [-0.2, 0) is 0 Å². The van der Waals surface area contributed by atoms with Crippen LogP contribution in [0, 0.1) is 5.82 Å². The number of nitrogens with one attached hydrogen (secondary N) is 1. The van der Waals surface area contributed by atoms with E-state index >= 15 is 0 Å². The van der Waals surface area contributed by atoms with E-state index < -0.39 is 11.7 Å². The van der Waals surface area contributed by atoms with E-state index in [0.717, 1.165) is 16.6 Å². The Morgan fingerprint density at radius 3 is 2.20 bits per heavy atom. The molecule has 0 bridgehead atoms. The Hall–Kier alpha value is -0.920. The Morgan fingerprint density at radius 2 is 1.65 bits per heavy atom. The highest BCUT2D eigenvalue weighted by Crippen LogP contribution is 2.34.